The minimum atomic E-state index is 0.104. The molecule has 1 aliphatic heterocycles. The SMILES string of the molecule is NC(=NCc1cccc(NC(=O)C2CCC2)c1)Nc1ccc2c(c1)OCCCO2. The lowest BCUT2D eigenvalue weighted by molar-refractivity contribution is -0.122. The van der Waals surface area contributed by atoms with Gasteiger partial charge in [-0.2, -0.15) is 0 Å². The summed E-state index contributed by atoms with van der Waals surface area (Å²) in [5, 5.41) is 6.07. The van der Waals surface area contributed by atoms with Gasteiger partial charge < -0.3 is 25.8 Å². The van der Waals surface area contributed by atoms with Crippen molar-refractivity contribution in [1.82, 2.24) is 0 Å². The summed E-state index contributed by atoms with van der Waals surface area (Å²) in [5.74, 6) is 2.02. The van der Waals surface area contributed by atoms with Gasteiger partial charge in [-0.25, -0.2) is 4.99 Å². The highest BCUT2D eigenvalue weighted by Gasteiger charge is 2.25. The molecule has 0 bridgehead atoms. The number of carbonyl (C=O) groups is 1. The van der Waals surface area contributed by atoms with Crippen LogP contribution in [0.5, 0.6) is 11.5 Å². The topological polar surface area (TPSA) is 98.0 Å². The van der Waals surface area contributed by atoms with Gasteiger partial charge in [0.1, 0.15) is 0 Å². The van der Waals surface area contributed by atoms with E-state index in [0.717, 1.165) is 48.4 Å². The highest BCUT2D eigenvalue weighted by molar-refractivity contribution is 5.93. The van der Waals surface area contributed by atoms with Crippen LogP contribution in [0.4, 0.5) is 11.4 Å². The van der Waals surface area contributed by atoms with E-state index in [1.165, 1.54) is 0 Å². The van der Waals surface area contributed by atoms with Crippen molar-refractivity contribution in [2.45, 2.75) is 32.2 Å². The monoisotopic (exact) mass is 394 g/mol. The first kappa shape index (κ1) is 19.1. The Labute approximate surface area is 170 Å². The van der Waals surface area contributed by atoms with Crippen molar-refractivity contribution < 1.29 is 14.3 Å². The molecule has 1 aliphatic carbocycles. The first-order valence-electron chi connectivity index (χ1n) is 10.0. The van der Waals surface area contributed by atoms with Crippen LogP contribution in [-0.4, -0.2) is 25.1 Å². The summed E-state index contributed by atoms with van der Waals surface area (Å²) < 4.78 is 11.3. The van der Waals surface area contributed by atoms with Gasteiger partial charge >= 0.3 is 0 Å². The number of amides is 1. The molecule has 0 atom stereocenters. The third-order valence-electron chi connectivity index (χ3n) is 5.12. The molecular formula is C22H26N4O3. The van der Waals surface area contributed by atoms with Crippen LogP contribution in [0, 0.1) is 5.92 Å². The quantitative estimate of drug-likeness (QED) is 0.532. The molecule has 0 aromatic heterocycles. The van der Waals surface area contributed by atoms with E-state index in [-0.39, 0.29) is 11.8 Å². The van der Waals surface area contributed by atoms with Gasteiger partial charge in [-0.15, -0.1) is 0 Å². The van der Waals surface area contributed by atoms with E-state index in [9.17, 15) is 4.79 Å². The average molecular weight is 394 g/mol. The van der Waals surface area contributed by atoms with Crippen molar-refractivity contribution in [3.05, 3.63) is 48.0 Å². The Bertz CT molecular complexity index is 909. The number of aliphatic imine (C=N–C) groups is 1. The van der Waals surface area contributed by atoms with Crippen LogP contribution in [0.2, 0.25) is 0 Å². The van der Waals surface area contributed by atoms with Crippen molar-refractivity contribution in [2.75, 3.05) is 23.8 Å². The number of ether oxygens (including phenoxy) is 2. The fraction of sp³-hybridized carbons (Fsp3) is 0.364. The maximum absolute atomic E-state index is 12.1. The highest BCUT2D eigenvalue weighted by Crippen LogP contribution is 2.32. The Morgan fingerprint density at radius 3 is 2.59 bits per heavy atom. The Balaban J connectivity index is 1.35. The van der Waals surface area contributed by atoms with Crippen molar-refractivity contribution in [1.29, 1.82) is 0 Å². The highest BCUT2D eigenvalue weighted by atomic mass is 16.5. The number of hydrogen-bond donors (Lipinski definition) is 3. The molecule has 1 amide bonds. The Hall–Kier alpha value is -3.22. The summed E-state index contributed by atoms with van der Waals surface area (Å²) in [6, 6.07) is 13.3. The van der Waals surface area contributed by atoms with Crippen molar-refractivity contribution in [2.24, 2.45) is 16.6 Å². The fourth-order valence-corrected chi connectivity index (χ4v) is 3.27. The smallest absolute Gasteiger partial charge is 0.227 e. The van der Waals surface area contributed by atoms with Crippen LogP contribution >= 0.6 is 0 Å². The lowest BCUT2D eigenvalue weighted by Gasteiger charge is -2.24. The van der Waals surface area contributed by atoms with Crippen molar-refractivity contribution in [3.8, 4) is 11.5 Å². The average Bonchev–Trinajstić information content (AvgIpc) is 2.90. The summed E-state index contributed by atoms with van der Waals surface area (Å²) in [5.41, 5.74) is 8.60. The zero-order chi connectivity index (χ0) is 20.1. The van der Waals surface area contributed by atoms with Gasteiger partial charge in [0.2, 0.25) is 5.91 Å². The third-order valence-corrected chi connectivity index (χ3v) is 5.12. The van der Waals surface area contributed by atoms with Gasteiger partial charge in [0, 0.05) is 29.8 Å². The van der Waals surface area contributed by atoms with E-state index in [0.29, 0.717) is 31.5 Å². The number of benzene rings is 2. The molecule has 4 rings (SSSR count). The molecule has 0 saturated heterocycles. The zero-order valence-electron chi connectivity index (χ0n) is 16.3. The van der Waals surface area contributed by atoms with Crippen LogP contribution in [0.3, 0.4) is 0 Å². The van der Waals surface area contributed by atoms with Crippen LogP contribution in [0.1, 0.15) is 31.2 Å². The standard InChI is InChI=1S/C22H26N4O3/c23-22(26-18-8-9-19-20(13-18)29-11-3-10-28-19)24-14-15-4-1-7-17(12-15)25-21(27)16-5-2-6-16/h1,4,7-9,12-13,16H,2-3,5-6,10-11,14H2,(H,25,27)(H3,23,24,26). The van der Waals surface area contributed by atoms with E-state index < -0.39 is 0 Å². The zero-order valence-corrected chi connectivity index (χ0v) is 16.3. The van der Waals surface area contributed by atoms with E-state index in [1.807, 2.05) is 42.5 Å². The summed E-state index contributed by atoms with van der Waals surface area (Å²) in [4.78, 5) is 16.5. The number of nitrogens with two attached hydrogens (primary N) is 1. The molecule has 7 nitrogen and oxygen atoms in total. The molecule has 7 heteroatoms. The molecule has 1 heterocycles. The number of hydrogen-bond acceptors (Lipinski definition) is 4. The Morgan fingerprint density at radius 1 is 1.00 bits per heavy atom. The number of nitrogens with zero attached hydrogens (tertiary/aromatic N) is 1. The summed E-state index contributed by atoms with van der Waals surface area (Å²) in [6.07, 6.45) is 3.97. The molecular weight excluding hydrogens is 368 g/mol. The number of fused-ring (bicyclic) bond motifs is 1. The molecule has 4 N–H and O–H groups in total. The third kappa shape index (κ3) is 4.99. The predicted molar refractivity (Wildman–Crippen MR) is 113 cm³/mol. The van der Waals surface area contributed by atoms with E-state index in [1.54, 1.807) is 0 Å². The Morgan fingerprint density at radius 2 is 1.79 bits per heavy atom. The van der Waals surface area contributed by atoms with E-state index >= 15 is 0 Å². The second kappa shape index (κ2) is 8.86. The van der Waals surface area contributed by atoms with Crippen molar-refractivity contribution >= 4 is 23.2 Å². The molecule has 0 unspecified atom stereocenters. The first-order valence-corrected chi connectivity index (χ1v) is 10.0. The fourth-order valence-electron chi connectivity index (χ4n) is 3.27. The molecule has 29 heavy (non-hydrogen) atoms. The van der Waals surface area contributed by atoms with Gasteiger partial charge in [-0.3, -0.25) is 4.79 Å². The maximum Gasteiger partial charge on any atom is 0.227 e. The minimum Gasteiger partial charge on any atom is -0.490 e. The molecule has 1 saturated carbocycles. The lowest BCUT2D eigenvalue weighted by atomic mass is 9.85. The summed E-state index contributed by atoms with van der Waals surface area (Å²) in [7, 11) is 0. The lowest BCUT2D eigenvalue weighted by Crippen LogP contribution is -2.28. The van der Waals surface area contributed by atoms with Gasteiger partial charge in [0.05, 0.1) is 19.8 Å². The normalized spacial score (nSPS) is 16.5. The van der Waals surface area contributed by atoms with Crippen LogP contribution in [0.15, 0.2) is 47.5 Å². The van der Waals surface area contributed by atoms with Crippen LogP contribution < -0.4 is 25.8 Å². The number of guanidine groups is 1. The van der Waals surface area contributed by atoms with Crippen LogP contribution in [-0.2, 0) is 11.3 Å². The first-order chi connectivity index (χ1) is 14.2. The van der Waals surface area contributed by atoms with Gasteiger partial charge in [-0.1, -0.05) is 18.6 Å². The summed E-state index contributed by atoms with van der Waals surface area (Å²) in [6.45, 7) is 1.70. The number of carbonyl (C=O) groups excluding carboxylic acids is 1. The summed E-state index contributed by atoms with van der Waals surface area (Å²) >= 11 is 0. The molecule has 2 aromatic carbocycles. The molecule has 152 valence electrons. The molecule has 2 aliphatic rings. The number of rotatable bonds is 5. The second-order valence-electron chi connectivity index (χ2n) is 7.36. The molecule has 1 fully saturated rings. The number of nitrogens with one attached hydrogen (secondary N) is 2. The van der Waals surface area contributed by atoms with Gasteiger partial charge in [0.15, 0.2) is 17.5 Å². The Kier molecular flexibility index (Phi) is 5.84. The van der Waals surface area contributed by atoms with Gasteiger partial charge in [0.25, 0.3) is 0 Å². The predicted octanol–water partition coefficient (Wildman–Crippen LogP) is 3.51. The molecule has 2 aromatic rings. The minimum absolute atomic E-state index is 0.104. The maximum atomic E-state index is 12.1. The second-order valence-corrected chi connectivity index (χ2v) is 7.36. The van der Waals surface area contributed by atoms with Crippen LogP contribution in [0.25, 0.3) is 0 Å². The van der Waals surface area contributed by atoms with E-state index in [4.69, 9.17) is 15.2 Å². The largest absolute Gasteiger partial charge is 0.490 e. The number of anilines is 2. The van der Waals surface area contributed by atoms with Gasteiger partial charge in [-0.05, 0) is 42.7 Å². The molecule has 0 radical (unpaired) electrons. The van der Waals surface area contributed by atoms with E-state index in [2.05, 4.69) is 15.6 Å². The van der Waals surface area contributed by atoms with Crippen molar-refractivity contribution in [3.63, 3.8) is 0 Å². The molecule has 0 spiro atoms.